The lowest BCUT2D eigenvalue weighted by atomic mass is 9.90. The van der Waals surface area contributed by atoms with Gasteiger partial charge in [0.2, 0.25) is 0 Å². The van der Waals surface area contributed by atoms with Crippen LogP contribution in [0, 0.1) is 5.92 Å². The minimum atomic E-state index is 0.372. The minimum absolute atomic E-state index is 0.372. The highest BCUT2D eigenvalue weighted by atomic mass is 35.5. The molecule has 0 spiro atoms. The smallest absolute Gasteiger partial charge is 0.127 e. The first-order chi connectivity index (χ1) is 12.7. The molecule has 0 atom stereocenters. The van der Waals surface area contributed by atoms with Gasteiger partial charge in [0.1, 0.15) is 5.75 Å². The van der Waals surface area contributed by atoms with Crippen molar-refractivity contribution in [2.24, 2.45) is 5.92 Å². The van der Waals surface area contributed by atoms with E-state index in [9.17, 15) is 5.11 Å². The van der Waals surface area contributed by atoms with Crippen LogP contribution in [0.3, 0.4) is 0 Å². The lowest BCUT2D eigenvalue weighted by molar-refractivity contribution is 0.176. The molecule has 0 amide bonds. The summed E-state index contributed by atoms with van der Waals surface area (Å²) in [4.78, 5) is 2.43. The highest BCUT2D eigenvalue weighted by Crippen LogP contribution is 2.35. The lowest BCUT2D eigenvalue weighted by Gasteiger charge is -2.32. The number of rotatable bonds is 4. The van der Waals surface area contributed by atoms with Gasteiger partial charge in [0, 0.05) is 27.9 Å². The zero-order valence-corrected chi connectivity index (χ0v) is 15.6. The second-order valence-electron chi connectivity index (χ2n) is 7.32. The molecule has 134 valence electrons. The topological polar surface area (TPSA) is 23.5 Å². The largest absolute Gasteiger partial charge is 0.507 e. The number of fused-ring (bicyclic) bond motifs is 1. The molecular formula is C23H24ClNO. The molecule has 1 saturated heterocycles. The molecule has 0 bridgehead atoms. The van der Waals surface area contributed by atoms with Crippen LogP contribution in [0.2, 0.25) is 5.02 Å². The van der Waals surface area contributed by atoms with Gasteiger partial charge < -0.3 is 5.11 Å². The van der Waals surface area contributed by atoms with Crippen molar-refractivity contribution in [2.75, 3.05) is 13.1 Å². The number of piperidine rings is 1. The summed E-state index contributed by atoms with van der Waals surface area (Å²) in [6.45, 7) is 2.90. The zero-order valence-electron chi connectivity index (χ0n) is 14.9. The molecule has 1 fully saturated rings. The molecule has 1 aliphatic rings. The summed E-state index contributed by atoms with van der Waals surface area (Å²) < 4.78 is 0. The Morgan fingerprint density at radius 1 is 0.923 bits per heavy atom. The molecule has 1 aliphatic heterocycles. The van der Waals surface area contributed by atoms with E-state index in [2.05, 4.69) is 35.2 Å². The van der Waals surface area contributed by atoms with Gasteiger partial charge in [0.05, 0.1) is 0 Å². The Bertz CT molecular complexity index is 885. The number of aromatic hydroxyl groups is 1. The molecule has 1 heterocycles. The summed E-state index contributed by atoms with van der Waals surface area (Å²) in [5, 5.41) is 13.1. The van der Waals surface area contributed by atoms with Crippen molar-refractivity contribution in [1.29, 1.82) is 0 Å². The van der Waals surface area contributed by atoms with Gasteiger partial charge in [-0.2, -0.15) is 0 Å². The molecule has 4 rings (SSSR count). The van der Waals surface area contributed by atoms with E-state index in [0.29, 0.717) is 10.8 Å². The standard InChI is InChI=1S/C23H24ClNO/c24-22-15-19(23(26)21-9-5-4-8-20(21)22)16-25-12-10-18(11-13-25)14-17-6-2-1-3-7-17/h1-9,15,18,26H,10-14,16H2. The lowest BCUT2D eigenvalue weighted by Crippen LogP contribution is -2.33. The van der Waals surface area contributed by atoms with Crippen molar-refractivity contribution in [2.45, 2.75) is 25.8 Å². The summed E-state index contributed by atoms with van der Waals surface area (Å²) in [6, 6.07) is 20.5. The molecule has 3 aromatic carbocycles. The highest BCUT2D eigenvalue weighted by molar-refractivity contribution is 6.35. The minimum Gasteiger partial charge on any atom is -0.507 e. The van der Waals surface area contributed by atoms with Gasteiger partial charge in [-0.15, -0.1) is 0 Å². The van der Waals surface area contributed by atoms with E-state index in [4.69, 9.17) is 11.6 Å². The highest BCUT2D eigenvalue weighted by Gasteiger charge is 2.21. The van der Waals surface area contributed by atoms with Crippen LogP contribution >= 0.6 is 11.6 Å². The molecule has 0 radical (unpaired) electrons. The third-order valence-corrected chi connectivity index (χ3v) is 5.83. The third kappa shape index (κ3) is 3.72. The first-order valence-electron chi connectivity index (χ1n) is 9.36. The fourth-order valence-electron chi connectivity index (χ4n) is 4.03. The van der Waals surface area contributed by atoms with Gasteiger partial charge in [0.25, 0.3) is 0 Å². The quantitative estimate of drug-likeness (QED) is 0.645. The number of hydrogen-bond donors (Lipinski definition) is 1. The number of phenolic OH excluding ortho intramolecular Hbond substituents is 1. The van der Waals surface area contributed by atoms with Crippen molar-refractivity contribution >= 4 is 22.4 Å². The molecular weight excluding hydrogens is 342 g/mol. The summed E-state index contributed by atoms with van der Waals surface area (Å²) >= 11 is 6.44. The van der Waals surface area contributed by atoms with Crippen molar-refractivity contribution in [1.82, 2.24) is 4.90 Å². The SMILES string of the molecule is Oc1c(CN2CCC(Cc3ccccc3)CC2)cc(Cl)c2ccccc12. The van der Waals surface area contributed by atoms with E-state index in [0.717, 1.165) is 41.9 Å². The maximum Gasteiger partial charge on any atom is 0.127 e. The van der Waals surface area contributed by atoms with E-state index >= 15 is 0 Å². The number of nitrogens with zero attached hydrogens (tertiary/aromatic N) is 1. The Kier molecular flexibility index (Phi) is 5.14. The predicted octanol–water partition coefficient (Wildman–Crippen LogP) is 5.65. The fourth-order valence-corrected chi connectivity index (χ4v) is 4.32. The molecule has 0 aliphatic carbocycles. The number of hydrogen-bond acceptors (Lipinski definition) is 2. The Morgan fingerprint density at radius 3 is 2.31 bits per heavy atom. The zero-order chi connectivity index (χ0) is 17.9. The molecule has 3 heteroatoms. The maximum atomic E-state index is 10.7. The first kappa shape index (κ1) is 17.4. The van der Waals surface area contributed by atoms with E-state index in [-0.39, 0.29) is 0 Å². The van der Waals surface area contributed by atoms with Crippen LogP contribution in [-0.2, 0) is 13.0 Å². The maximum absolute atomic E-state index is 10.7. The first-order valence-corrected chi connectivity index (χ1v) is 9.74. The Morgan fingerprint density at radius 2 is 1.58 bits per heavy atom. The number of halogens is 1. The number of benzene rings is 3. The van der Waals surface area contributed by atoms with Crippen molar-refractivity contribution in [3.63, 3.8) is 0 Å². The van der Waals surface area contributed by atoms with Crippen LogP contribution < -0.4 is 0 Å². The summed E-state index contributed by atoms with van der Waals surface area (Å²) in [6.07, 6.45) is 3.58. The molecule has 2 nitrogen and oxygen atoms in total. The van der Waals surface area contributed by atoms with Gasteiger partial charge in [0.15, 0.2) is 0 Å². The molecule has 26 heavy (non-hydrogen) atoms. The average Bonchev–Trinajstić information content (AvgIpc) is 2.68. The molecule has 0 aromatic heterocycles. The van der Waals surface area contributed by atoms with E-state index in [1.165, 1.54) is 24.8 Å². The Labute approximate surface area is 160 Å². The van der Waals surface area contributed by atoms with Crippen LogP contribution in [-0.4, -0.2) is 23.1 Å². The van der Waals surface area contributed by atoms with Crippen LogP contribution in [0.1, 0.15) is 24.0 Å². The van der Waals surface area contributed by atoms with Crippen molar-refractivity contribution < 1.29 is 5.11 Å². The van der Waals surface area contributed by atoms with Crippen LogP contribution in [0.5, 0.6) is 5.75 Å². The second-order valence-corrected chi connectivity index (χ2v) is 7.73. The molecule has 3 aromatic rings. The molecule has 0 unspecified atom stereocenters. The molecule has 1 N–H and O–H groups in total. The van der Waals surface area contributed by atoms with Gasteiger partial charge in [-0.05, 0) is 49.9 Å². The van der Waals surface area contributed by atoms with Gasteiger partial charge in [-0.1, -0.05) is 66.2 Å². The van der Waals surface area contributed by atoms with Crippen molar-refractivity contribution in [3.05, 3.63) is 76.8 Å². The number of likely N-dealkylation sites (tertiary alicyclic amines) is 1. The van der Waals surface area contributed by atoms with Crippen LogP contribution in [0.15, 0.2) is 60.7 Å². The monoisotopic (exact) mass is 365 g/mol. The number of phenols is 1. The van der Waals surface area contributed by atoms with Gasteiger partial charge in [-0.25, -0.2) is 0 Å². The predicted molar refractivity (Wildman–Crippen MR) is 109 cm³/mol. The summed E-state index contributed by atoms with van der Waals surface area (Å²) in [5.41, 5.74) is 2.36. The van der Waals surface area contributed by atoms with E-state index < -0.39 is 0 Å². The Balaban J connectivity index is 1.42. The summed E-state index contributed by atoms with van der Waals surface area (Å²) in [5.74, 6) is 1.12. The van der Waals surface area contributed by atoms with Crippen LogP contribution in [0.25, 0.3) is 10.8 Å². The van der Waals surface area contributed by atoms with Crippen LogP contribution in [0.4, 0.5) is 0 Å². The van der Waals surface area contributed by atoms with Gasteiger partial charge >= 0.3 is 0 Å². The van der Waals surface area contributed by atoms with Crippen molar-refractivity contribution in [3.8, 4) is 5.75 Å². The Hall–Kier alpha value is -2.03. The third-order valence-electron chi connectivity index (χ3n) is 5.51. The summed E-state index contributed by atoms with van der Waals surface area (Å²) in [7, 11) is 0. The van der Waals surface area contributed by atoms with E-state index in [1.54, 1.807) is 0 Å². The second kappa shape index (κ2) is 7.69. The fraction of sp³-hybridized carbons (Fsp3) is 0.304. The van der Waals surface area contributed by atoms with Gasteiger partial charge in [-0.3, -0.25) is 4.90 Å². The molecule has 0 saturated carbocycles. The normalized spacial score (nSPS) is 16.2. The average molecular weight is 366 g/mol. The van der Waals surface area contributed by atoms with E-state index in [1.807, 2.05) is 30.3 Å².